The number of aryl methyl sites for hydroxylation is 2. The summed E-state index contributed by atoms with van der Waals surface area (Å²) in [5.74, 6) is -0.833. The number of amides is 2. The van der Waals surface area contributed by atoms with E-state index in [9.17, 15) is 18.0 Å². The second-order valence-corrected chi connectivity index (χ2v) is 9.34. The van der Waals surface area contributed by atoms with E-state index in [0.29, 0.717) is 16.9 Å². The largest absolute Gasteiger partial charge is 0.350 e. The third kappa shape index (κ3) is 6.06. The Bertz CT molecular complexity index is 1030. The van der Waals surface area contributed by atoms with Gasteiger partial charge in [0.05, 0.1) is 23.2 Å². The Morgan fingerprint density at radius 1 is 1.10 bits per heavy atom. The molecule has 0 aliphatic rings. The number of nitrogens with zero attached hydrogens (tertiary/aromatic N) is 1. The third-order valence-electron chi connectivity index (χ3n) is 4.76. The van der Waals surface area contributed by atoms with Crippen molar-refractivity contribution >= 4 is 33.2 Å². The summed E-state index contributed by atoms with van der Waals surface area (Å²) >= 11 is 0. The smallest absolute Gasteiger partial charge is 0.253 e. The van der Waals surface area contributed by atoms with E-state index in [4.69, 9.17) is 0 Å². The molecule has 0 fully saturated rings. The Labute approximate surface area is 178 Å². The van der Waals surface area contributed by atoms with Crippen molar-refractivity contribution in [3.05, 3.63) is 59.2 Å². The number of anilines is 2. The monoisotopic (exact) mass is 431 g/mol. The van der Waals surface area contributed by atoms with Gasteiger partial charge in [0.25, 0.3) is 5.91 Å². The Morgan fingerprint density at radius 3 is 2.40 bits per heavy atom. The predicted octanol–water partition coefficient (Wildman–Crippen LogP) is 3.24. The molecule has 2 N–H and O–H groups in total. The standard InChI is InChI=1S/C22H29N3O4S/c1-6-17(4)23-22(27)18-9-7-8-10-19(18)24-21(26)14-25(30(5,28)29)20-13-15(2)11-12-16(20)3/h7-13,17H,6,14H2,1-5H3,(H,23,27)(H,24,26)/t17-/m1/s1. The van der Waals surface area contributed by atoms with Crippen LogP contribution in [0.15, 0.2) is 42.5 Å². The lowest BCUT2D eigenvalue weighted by Gasteiger charge is -2.24. The van der Waals surface area contributed by atoms with Gasteiger partial charge in [-0.2, -0.15) is 0 Å². The lowest BCUT2D eigenvalue weighted by atomic mass is 10.1. The molecule has 162 valence electrons. The van der Waals surface area contributed by atoms with Crippen molar-refractivity contribution in [3.63, 3.8) is 0 Å². The van der Waals surface area contributed by atoms with Crippen LogP contribution in [0.4, 0.5) is 11.4 Å². The molecule has 0 saturated carbocycles. The minimum atomic E-state index is -3.70. The highest BCUT2D eigenvalue weighted by atomic mass is 32.2. The van der Waals surface area contributed by atoms with Crippen molar-refractivity contribution in [3.8, 4) is 0 Å². The summed E-state index contributed by atoms with van der Waals surface area (Å²) < 4.78 is 25.9. The Hall–Kier alpha value is -2.87. The summed E-state index contributed by atoms with van der Waals surface area (Å²) in [6, 6.07) is 12.1. The summed E-state index contributed by atoms with van der Waals surface area (Å²) in [5, 5.41) is 5.55. The van der Waals surface area contributed by atoms with Gasteiger partial charge in [0.2, 0.25) is 15.9 Å². The van der Waals surface area contributed by atoms with Gasteiger partial charge >= 0.3 is 0 Å². The fraction of sp³-hybridized carbons (Fsp3) is 0.364. The normalized spacial score (nSPS) is 12.2. The number of carbonyl (C=O) groups is 2. The zero-order valence-corrected chi connectivity index (χ0v) is 18.8. The number of nitrogens with one attached hydrogen (secondary N) is 2. The zero-order valence-electron chi connectivity index (χ0n) is 18.0. The average molecular weight is 432 g/mol. The summed E-state index contributed by atoms with van der Waals surface area (Å²) in [6.07, 6.45) is 1.84. The molecule has 1 atom stereocenters. The molecule has 8 heteroatoms. The molecule has 2 aromatic rings. The van der Waals surface area contributed by atoms with Gasteiger partial charge in [-0.15, -0.1) is 0 Å². The minimum absolute atomic E-state index is 0.00807. The number of carbonyl (C=O) groups excluding carboxylic acids is 2. The highest BCUT2D eigenvalue weighted by Gasteiger charge is 2.23. The summed E-state index contributed by atoms with van der Waals surface area (Å²) in [6.45, 7) is 7.11. The quantitative estimate of drug-likeness (QED) is 0.671. The molecular weight excluding hydrogens is 402 g/mol. The molecule has 0 radical (unpaired) electrons. The highest BCUT2D eigenvalue weighted by Crippen LogP contribution is 2.24. The molecule has 7 nitrogen and oxygen atoms in total. The SMILES string of the molecule is CC[C@@H](C)NC(=O)c1ccccc1NC(=O)CN(c1cc(C)ccc1C)S(C)(=O)=O. The van der Waals surface area contributed by atoms with Crippen molar-refractivity contribution in [2.45, 2.75) is 40.2 Å². The van der Waals surface area contributed by atoms with Gasteiger partial charge in [0, 0.05) is 6.04 Å². The highest BCUT2D eigenvalue weighted by molar-refractivity contribution is 7.92. The fourth-order valence-electron chi connectivity index (χ4n) is 2.88. The van der Waals surface area contributed by atoms with E-state index in [-0.39, 0.29) is 11.9 Å². The predicted molar refractivity (Wildman–Crippen MR) is 120 cm³/mol. The first-order chi connectivity index (χ1) is 14.0. The number of para-hydroxylation sites is 1. The molecule has 30 heavy (non-hydrogen) atoms. The first kappa shape index (κ1) is 23.4. The van der Waals surface area contributed by atoms with Crippen LogP contribution in [-0.4, -0.2) is 39.1 Å². The van der Waals surface area contributed by atoms with Gasteiger partial charge in [0.1, 0.15) is 6.54 Å². The van der Waals surface area contributed by atoms with E-state index in [1.807, 2.05) is 32.9 Å². The van der Waals surface area contributed by atoms with Gasteiger partial charge < -0.3 is 10.6 Å². The van der Waals surface area contributed by atoms with E-state index >= 15 is 0 Å². The Kier molecular flexibility index (Phi) is 7.61. The number of rotatable bonds is 8. The van der Waals surface area contributed by atoms with E-state index in [2.05, 4.69) is 10.6 Å². The lowest BCUT2D eigenvalue weighted by Crippen LogP contribution is -2.38. The van der Waals surface area contributed by atoms with E-state index in [1.165, 1.54) is 0 Å². The van der Waals surface area contributed by atoms with Crippen LogP contribution in [0.1, 0.15) is 41.8 Å². The number of sulfonamides is 1. The summed E-state index contributed by atoms with van der Waals surface area (Å²) in [4.78, 5) is 25.3. The van der Waals surface area contributed by atoms with Crippen molar-refractivity contribution in [1.82, 2.24) is 5.32 Å². The summed E-state index contributed by atoms with van der Waals surface area (Å²) in [7, 11) is -3.70. The van der Waals surface area contributed by atoms with Crippen LogP contribution in [0.5, 0.6) is 0 Å². The van der Waals surface area contributed by atoms with E-state index in [1.54, 1.807) is 37.3 Å². The fourth-order valence-corrected chi connectivity index (χ4v) is 3.79. The molecule has 0 aliphatic carbocycles. The van der Waals surface area contributed by atoms with Crippen molar-refractivity contribution in [2.75, 3.05) is 22.4 Å². The maximum atomic E-state index is 12.7. The Balaban J connectivity index is 2.27. The first-order valence-electron chi connectivity index (χ1n) is 9.77. The van der Waals surface area contributed by atoms with Gasteiger partial charge in [-0.25, -0.2) is 8.42 Å². The number of hydrogen-bond donors (Lipinski definition) is 2. The van der Waals surface area contributed by atoms with E-state index in [0.717, 1.165) is 28.1 Å². The lowest BCUT2D eigenvalue weighted by molar-refractivity contribution is -0.114. The summed E-state index contributed by atoms with van der Waals surface area (Å²) in [5.41, 5.74) is 2.74. The van der Waals surface area contributed by atoms with Crippen molar-refractivity contribution in [1.29, 1.82) is 0 Å². The molecule has 0 saturated heterocycles. The van der Waals surface area contributed by atoms with Crippen molar-refractivity contribution < 1.29 is 18.0 Å². The van der Waals surface area contributed by atoms with Gasteiger partial charge in [-0.3, -0.25) is 13.9 Å². The zero-order chi connectivity index (χ0) is 22.5. The molecule has 2 aromatic carbocycles. The van der Waals surface area contributed by atoms with Crippen LogP contribution >= 0.6 is 0 Å². The topological polar surface area (TPSA) is 95.6 Å². The Morgan fingerprint density at radius 2 is 1.77 bits per heavy atom. The molecule has 2 rings (SSSR count). The molecule has 0 aromatic heterocycles. The number of hydrogen-bond acceptors (Lipinski definition) is 4. The maximum absolute atomic E-state index is 12.7. The minimum Gasteiger partial charge on any atom is -0.350 e. The number of benzene rings is 2. The molecular formula is C22H29N3O4S. The molecule has 0 bridgehead atoms. The molecule has 0 unspecified atom stereocenters. The molecule has 0 spiro atoms. The van der Waals surface area contributed by atoms with Crippen LogP contribution in [0.25, 0.3) is 0 Å². The van der Waals surface area contributed by atoms with Gasteiger partial charge in [0.15, 0.2) is 0 Å². The second-order valence-electron chi connectivity index (χ2n) is 7.44. The van der Waals surface area contributed by atoms with Gasteiger partial charge in [-0.05, 0) is 56.5 Å². The first-order valence-corrected chi connectivity index (χ1v) is 11.6. The molecule has 2 amide bonds. The van der Waals surface area contributed by atoms with Crippen LogP contribution in [0, 0.1) is 13.8 Å². The van der Waals surface area contributed by atoms with Crippen LogP contribution in [0.3, 0.4) is 0 Å². The third-order valence-corrected chi connectivity index (χ3v) is 5.88. The molecule has 0 heterocycles. The molecule has 0 aliphatic heterocycles. The second kappa shape index (κ2) is 9.75. The average Bonchev–Trinajstić information content (AvgIpc) is 2.67. The van der Waals surface area contributed by atoms with Gasteiger partial charge in [-0.1, -0.05) is 31.2 Å². The van der Waals surface area contributed by atoms with Crippen LogP contribution in [0.2, 0.25) is 0 Å². The van der Waals surface area contributed by atoms with E-state index < -0.39 is 22.5 Å². The van der Waals surface area contributed by atoms with Crippen molar-refractivity contribution in [2.24, 2.45) is 0 Å². The maximum Gasteiger partial charge on any atom is 0.253 e. The van der Waals surface area contributed by atoms with Crippen LogP contribution in [-0.2, 0) is 14.8 Å². The van der Waals surface area contributed by atoms with Crippen LogP contribution < -0.4 is 14.9 Å².